The molecule has 0 bridgehead atoms. The maximum atomic E-state index is 12.8. The zero-order valence-corrected chi connectivity index (χ0v) is 16.1. The van der Waals surface area contributed by atoms with Crippen LogP contribution >= 0.6 is 0 Å². The zero-order valence-electron chi connectivity index (χ0n) is 16.1. The predicted molar refractivity (Wildman–Crippen MR) is 107 cm³/mol. The number of para-hydroxylation sites is 1. The van der Waals surface area contributed by atoms with Crippen LogP contribution in [0.25, 0.3) is 10.9 Å². The molecule has 0 aliphatic carbocycles. The summed E-state index contributed by atoms with van der Waals surface area (Å²) in [4.78, 5) is 21.5. The van der Waals surface area contributed by atoms with Crippen LogP contribution in [0.15, 0.2) is 42.6 Å². The maximum Gasteiger partial charge on any atom is 0.274 e. The molecule has 6 heteroatoms. The van der Waals surface area contributed by atoms with Gasteiger partial charge in [0.15, 0.2) is 5.69 Å². The normalized spacial score (nSPS) is 15.3. The van der Waals surface area contributed by atoms with Crippen molar-refractivity contribution in [1.82, 2.24) is 19.7 Å². The third kappa shape index (κ3) is 3.27. The summed E-state index contributed by atoms with van der Waals surface area (Å²) in [6.45, 7) is 3.82. The fourth-order valence-corrected chi connectivity index (χ4v) is 3.86. The lowest BCUT2D eigenvalue weighted by molar-refractivity contribution is 0.0702. The van der Waals surface area contributed by atoms with E-state index in [1.165, 1.54) is 11.1 Å². The van der Waals surface area contributed by atoms with Gasteiger partial charge < -0.3 is 9.80 Å². The van der Waals surface area contributed by atoms with Crippen LogP contribution in [0.2, 0.25) is 0 Å². The number of carbonyl (C=O) groups is 1. The van der Waals surface area contributed by atoms with Gasteiger partial charge in [-0.15, -0.1) is 0 Å². The Bertz CT molecular complexity index is 947. The first-order valence-electron chi connectivity index (χ1n) is 9.41. The van der Waals surface area contributed by atoms with Crippen LogP contribution in [-0.2, 0) is 7.05 Å². The third-order valence-corrected chi connectivity index (χ3v) is 5.63. The molecule has 6 nitrogen and oxygen atoms in total. The molecule has 3 aromatic rings. The summed E-state index contributed by atoms with van der Waals surface area (Å²) in [7, 11) is 3.76. The topological polar surface area (TPSA) is 54.3 Å². The van der Waals surface area contributed by atoms with Crippen molar-refractivity contribution in [2.75, 3.05) is 25.0 Å². The van der Waals surface area contributed by atoms with E-state index in [9.17, 15) is 4.79 Å². The molecule has 0 atom stereocenters. The predicted octanol–water partition coefficient (Wildman–Crippen LogP) is 3.02. The molecule has 0 saturated carbocycles. The second-order valence-corrected chi connectivity index (χ2v) is 7.28. The minimum atomic E-state index is 0.00603. The lowest BCUT2D eigenvalue weighted by Crippen LogP contribution is -2.45. The van der Waals surface area contributed by atoms with Crippen LogP contribution in [0.5, 0.6) is 0 Å². The van der Waals surface area contributed by atoms with E-state index in [1.807, 2.05) is 50.3 Å². The van der Waals surface area contributed by atoms with Gasteiger partial charge in [-0.25, -0.2) is 0 Å². The van der Waals surface area contributed by atoms with Crippen molar-refractivity contribution in [3.8, 4) is 0 Å². The largest absolute Gasteiger partial charge is 0.371 e. The van der Waals surface area contributed by atoms with Gasteiger partial charge in [0.05, 0.1) is 5.52 Å². The maximum absolute atomic E-state index is 12.8. The van der Waals surface area contributed by atoms with E-state index in [4.69, 9.17) is 0 Å². The van der Waals surface area contributed by atoms with Gasteiger partial charge in [0.25, 0.3) is 5.91 Å². The first-order valence-corrected chi connectivity index (χ1v) is 9.41. The van der Waals surface area contributed by atoms with Gasteiger partial charge in [-0.1, -0.05) is 18.2 Å². The Morgan fingerprint density at radius 3 is 2.63 bits per heavy atom. The molecule has 1 fully saturated rings. The highest BCUT2D eigenvalue weighted by Crippen LogP contribution is 2.28. The average molecular weight is 363 g/mol. The van der Waals surface area contributed by atoms with Crippen molar-refractivity contribution in [1.29, 1.82) is 0 Å². The lowest BCUT2D eigenvalue weighted by Gasteiger charge is -2.38. The van der Waals surface area contributed by atoms with E-state index < -0.39 is 0 Å². The van der Waals surface area contributed by atoms with Crippen LogP contribution in [-0.4, -0.2) is 51.8 Å². The van der Waals surface area contributed by atoms with Crippen LogP contribution < -0.4 is 4.90 Å². The highest BCUT2D eigenvalue weighted by Gasteiger charge is 2.27. The molecule has 140 valence electrons. The molecule has 2 aromatic heterocycles. The number of anilines is 1. The first-order chi connectivity index (χ1) is 13.0. The van der Waals surface area contributed by atoms with Crippen molar-refractivity contribution < 1.29 is 4.79 Å². The fourth-order valence-electron chi connectivity index (χ4n) is 3.86. The number of pyridine rings is 1. The standard InChI is InChI=1S/C21H25N5O/c1-15-14-19(23-25(15)3)21(27)24(2)16-9-12-26(13-10-16)20-8-11-22-18-7-5-4-6-17(18)20/h4-8,11,14,16H,9-10,12-13H2,1-3H3. The van der Waals surface area contributed by atoms with Crippen LogP contribution in [0, 0.1) is 6.92 Å². The number of piperidine rings is 1. The zero-order chi connectivity index (χ0) is 19.0. The highest BCUT2D eigenvalue weighted by molar-refractivity contribution is 5.93. The second-order valence-electron chi connectivity index (χ2n) is 7.28. The lowest BCUT2D eigenvalue weighted by atomic mass is 10.0. The molecule has 3 heterocycles. The van der Waals surface area contributed by atoms with Crippen molar-refractivity contribution in [3.63, 3.8) is 0 Å². The Labute approximate surface area is 159 Å². The van der Waals surface area contributed by atoms with Gasteiger partial charge in [0.1, 0.15) is 0 Å². The average Bonchev–Trinajstić information content (AvgIpc) is 3.05. The number of amides is 1. The highest BCUT2D eigenvalue weighted by atomic mass is 16.2. The number of fused-ring (bicyclic) bond motifs is 1. The van der Waals surface area contributed by atoms with E-state index in [2.05, 4.69) is 33.2 Å². The van der Waals surface area contributed by atoms with E-state index >= 15 is 0 Å². The van der Waals surface area contributed by atoms with E-state index in [0.29, 0.717) is 5.69 Å². The van der Waals surface area contributed by atoms with Crippen molar-refractivity contribution in [2.45, 2.75) is 25.8 Å². The van der Waals surface area contributed by atoms with Gasteiger partial charge in [-0.2, -0.15) is 5.10 Å². The number of nitrogens with zero attached hydrogens (tertiary/aromatic N) is 5. The molecule has 1 aliphatic rings. The monoisotopic (exact) mass is 363 g/mol. The minimum absolute atomic E-state index is 0.00603. The molecule has 0 unspecified atom stereocenters. The Morgan fingerprint density at radius 2 is 1.93 bits per heavy atom. The van der Waals surface area contributed by atoms with Crippen molar-refractivity contribution >= 4 is 22.5 Å². The molecule has 1 saturated heterocycles. The number of rotatable bonds is 3. The van der Waals surface area contributed by atoms with E-state index in [-0.39, 0.29) is 11.9 Å². The molecule has 0 N–H and O–H groups in total. The molecule has 4 rings (SSSR count). The summed E-state index contributed by atoms with van der Waals surface area (Å²) in [6.07, 6.45) is 3.78. The summed E-state index contributed by atoms with van der Waals surface area (Å²) in [5.74, 6) is 0.00603. The number of hydrogen-bond donors (Lipinski definition) is 0. The van der Waals surface area contributed by atoms with Crippen LogP contribution in [0.3, 0.4) is 0 Å². The summed E-state index contributed by atoms with van der Waals surface area (Å²) >= 11 is 0. The number of aromatic nitrogens is 3. The first kappa shape index (κ1) is 17.5. The Balaban J connectivity index is 1.46. The molecule has 27 heavy (non-hydrogen) atoms. The molecule has 1 aromatic carbocycles. The summed E-state index contributed by atoms with van der Waals surface area (Å²) in [5, 5.41) is 5.52. The van der Waals surface area contributed by atoms with E-state index in [1.54, 1.807) is 4.68 Å². The van der Waals surface area contributed by atoms with Crippen LogP contribution in [0.4, 0.5) is 5.69 Å². The van der Waals surface area contributed by atoms with Gasteiger partial charge in [-0.05, 0) is 38.0 Å². The quantitative estimate of drug-likeness (QED) is 0.718. The van der Waals surface area contributed by atoms with Crippen molar-refractivity contribution in [3.05, 3.63) is 54.0 Å². The smallest absolute Gasteiger partial charge is 0.274 e. The summed E-state index contributed by atoms with van der Waals surface area (Å²) < 4.78 is 1.75. The summed E-state index contributed by atoms with van der Waals surface area (Å²) in [5.41, 5.74) is 3.77. The van der Waals surface area contributed by atoms with Crippen molar-refractivity contribution in [2.24, 2.45) is 7.05 Å². The van der Waals surface area contributed by atoms with Gasteiger partial charge in [0.2, 0.25) is 0 Å². The Kier molecular flexibility index (Phi) is 4.56. The minimum Gasteiger partial charge on any atom is -0.371 e. The molecule has 0 radical (unpaired) electrons. The fraction of sp³-hybridized carbons (Fsp3) is 0.381. The van der Waals surface area contributed by atoms with Gasteiger partial charge >= 0.3 is 0 Å². The van der Waals surface area contributed by atoms with E-state index in [0.717, 1.165) is 37.1 Å². The van der Waals surface area contributed by atoms with Gasteiger partial charge in [-0.3, -0.25) is 14.5 Å². The molecule has 0 spiro atoms. The number of benzene rings is 1. The second kappa shape index (κ2) is 7.02. The molecule has 1 amide bonds. The van der Waals surface area contributed by atoms with Gasteiger partial charge in [0, 0.05) is 56.2 Å². The third-order valence-electron chi connectivity index (χ3n) is 5.63. The Hall–Kier alpha value is -2.89. The Morgan fingerprint density at radius 1 is 1.19 bits per heavy atom. The SMILES string of the molecule is Cc1cc(C(=O)N(C)C2CCN(c3ccnc4ccccc34)CC2)nn1C. The molecule has 1 aliphatic heterocycles. The number of hydrogen-bond acceptors (Lipinski definition) is 4. The number of aryl methyl sites for hydroxylation is 2. The molecular formula is C21H25N5O. The van der Waals surface area contributed by atoms with Crippen LogP contribution in [0.1, 0.15) is 29.0 Å². The number of carbonyl (C=O) groups excluding carboxylic acids is 1. The summed E-state index contributed by atoms with van der Waals surface area (Å²) in [6, 6.07) is 12.4. The molecular weight excluding hydrogens is 338 g/mol.